The molecule has 1 aromatic heterocycles. The molecule has 8 heteroatoms. The van der Waals surface area contributed by atoms with Crippen molar-refractivity contribution in [1.82, 2.24) is 9.88 Å². The molecule has 0 aliphatic carbocycles. The number of rotatable bonds is 1. The summed E-state index contributed by atoms with van der Waals surface area (Å²) in [4.78, 5) is 29.7. The van der Waals surface area contributed by atoms with Gasteiger partial charge in [0.25, 0.3) is 0 Å². The molecule has 2 radical (unpaired) electrons. The fourth-order valence-electron chi connectivity index (χ4n) is 2.35. The highest BCUT2D eigenvalue weighted by atomic mass is 16.7. The van der Waals surface area contributed by atoms with Crippen LogP contribution in [0.3, 0.4) is 0 Å². The highest BCUT2D eigenvalue weighted by Gasteiger charge is 2.61. The molecule has 2 saturated heterocycles. The number of carbonyl (C=O) groups excluding carboxylic acids is 2. The van der Waals surface area contributed by atoms with Crippen molar-refractivity contribution in [2.45, 2.75) is 5.60 Å². The average Bonchev–Trinajstić information content (AvgIpc) is 2.82. The Balaban J connectivity index is 1.90. The van der Waals surface area contributed by atoms with E-state index in [9.17, 15) is 9.59 Å². The minimum Gasteiger partial charge on any atom is -0.502 e. The number of likely N-dealkylation sites (N-methyl/N-ethyl adjacent to an activating group) is 1. The quantitative estimate of drug-likeness (QED) is 0.405. The molecule has 2 aliphatic rings. The minimum absolute atomic E-state index is 0.173. The summed E-state index contributed by atoms with van der Waals surface area (Å²) in [7, 11) is 6.34. The van der Waals surface area contributed by atoms with Gasteiger partial charge in [-0.25, -0.2) is 0 Å². The van der Waals surface area contributed by atoms with E-state index in [1.807, 2.05) is 0 Å². The number of Topliss-reactive ketones (excluding diaryl/α,β-unsaturated/α-hetero) is 1. The third-order valence-corrected chi connectivity index (χ3v) is 3.24. The lowest BCUT2D eigenvalue weighted by molar-refractivity contribution is -0.148. The maximum absolute atomic E-state index is 12.0. The van der Waals surface area contributed by atoms with Gasteiger partial charge in [0.05, 0.1) is 12.1 Å². The Hall–Kier alpha value is -1.66. The first-order valence-corrected chi connectivity index (χ1v) is 5.84. The fourth-order valence-corrected chi connectivity index (χ4v) is 2.35. The van der Waals surface area contributed by atoms with Crippen LogP contribution in [0.2, 0.25) is 0 Å². The molecule has 3 heterocycles. The van der Waals surface area contributed by atoms with Crippen LogP contribution in [0.4, 0.5) is 0 Å². The molecule has 0 aromatic carbocycles. The largest absolute Gasteiger partial charge is 0.585 e. The molecule has 1 aromatic rings. The minimum atomic E-state index is -1.51. The van der Waals surface area contributed by atoms with Crippen molar-refractivity contribution in [2.75, 3.05) is 20.1 Å². The number of aromatic nitrogens is 1. The molecule has 0 saturated carbocycles. The van der Waals surface area contributed by atoms with Crippen LogP contribution in [-0.4, -0.2) is 62.3 Å². The van der Waals surface area contributed by atoms with E-state index < -0.39 is 18.7 Å². The molecule has 2 aliphatic heterocycles. The summed E-state index contributed by atoms with van der Waals surface area (Å²) >= 11 is 0. The Bertz CT molecular complexity index is 567. The molecular weight excluding hydrogens is 246 g/mol. The van der Waals surface area contributed by atoms with Crippen molar-refractivity contribution in [3.8, 4) is 0 Å². The number of hydrogen-bond acceptors (Lipinski definition) is 6. The van der Waals surface area contributed by atoms with Crippen LogP contribution in [0.15, 0.2) is 18.2 Å². The van der Waals surface area contributed by atoms with E-state index in [-0.39, 0.29) is 18.9 Å². The monoisotopic (exact) mass is 256 g/mol. The summed E-state index contributed by atoms with van der Waals surface area (Å²) in [6.45, 7) is 0.371. The molecule has 0 bridgehead atoms. The van der Waals surface area contributed by atoms with Gasteiger partial charge in [0.2, 0.25) is 5.60 Å². The second kappa shape index (κ2) is 4.18. The molecular formula is C11H10B2N2O4. The predicted octanol–water partition coefficient (Wildman–Crippen LogP) is -2.60. The zero-order valence-electron chi connectivity index (χ0n) is 10.3. The van der Waals surface area contributed by atoms with Gasteiger partial charge in [-0.15, -0.1) is 0 Å². The summed E-state index contributed by atoms with van der Waals surface area (Å²) in [6.07, 6.45) is 0. The third-order valence-electron chi connectivity index (χ3n) is 3.24. The van der Waals surface area contributed by atoms with Crippen molar-refractivity contribution in [2.24, 2.45) is 0 Å². The highest BCUT2D eigenvalue weighted by Crippen LogP contribution is 2.29. The van der Waals surface area contributed by atoms with Crippen molar-refractivity contribution in [3.63, 3.8) is 0 Å². The van der Waals surface area contributed by atoms with Crippen LogP contribution in [-0.2, 0) is 18.9 Å². The fraction of sp³-hybridized carbons (Fsp3) is 0.364. The Morgan fingerprint density at radius 1 is 1.47 bits per heavy atom. The zero-order valence-corrected chi connectivity index (χ0v) is 10.3. The van der Waals surface area contributed by atoms with Crippen LogP contribution in [0.1, 0.15) is 0 Å². The van der Waals surface area contributed by atoms with Crippen LogP contribution >= 0.6 is 0 Å². The van der Waals surface area contributed by atoms with E-state index in [0.717, 1.165) is 0 Å². The van der Waals surface area contributed by atoms with Crippen LogP contribution in [0, 0.1) is 0 Å². The summed E-state index contributed by atoms with van der Waals surface area (Å²) in [5.41, 5.74) is -0.827. The maximum atomic E-state index is 12.0. The molecule has 0 N–H and O–H groups in total. The second-order valence-electron chi connectivity index (χ2n) is 4.76. The summed E-state index contributed by atoms with van der Waals surface area (Å²) < 4.78 is 10.7. The smallest absolute Gasteiger partial charge is 0.502 e. The van der Waals surface area contributed by atoms with Crippen molar-refractivity contribution >= 4 is 37.9 Å². The lowest BCUT2D eigenvalue weighted by Crippen LogP contribution is -2.47. The van der Waals surface area contributed by atoms with Crippen molar-refractivity contribution in [3.05, 3.63) is 18.2 Å². The van der Waals surface area contributed by atoms with E-state index in [2.05, 4.69) is 4.98 Å². The van der Waals surface area contributed by atoms with E-state index in [0.29, 0.717) is 11.2 Å². The molecule has 1 spiro atoms. The number of hydrogen-bond donors (Lipinski definition) is 0. The number of pyridine rings is 1. The van der Waals surface area contributed by atoms with Crippen molar-refractivity contribution in [1.29, 1.82) is 0 Å². The van der Waals surface area contributed by atoms with Crippen molar-refractivity contribution < 1.29 is 18.9 Å². The van der Waals surface area contributed by atoms with E-state index in [1.165, 1.54) is 0 Å². The first-order chi connectivity index (χ1) is 9.01. The first-order valence-electron chi connectivity index (χ1n) is 5.84. The SMILES string of the molecule is [B]c1cccc(B2OC(=O)C3(CN(C)CC3=O)O2)n1. The lowest BCUT2D eigenvalue weighted by atomic mass is 9.83. The van der Waals surface area contributed by atoms with Gasteiger partial charge in [0.1, 0.15) is 7.85 Å². The Labute approximate surface area is 111 Å². The number of nitrogens with zero attached hydrogens (tertiary/aromatic N) is 2. The van der Waals surface area contributed by atoms with Crippen LogP contribution in [0.25, 0.3) is 0 Å². The molecule has 2 fully saturated rings. The number of carbonyl (C=O) groups is 2. The van der Waals surface area contributed by atoms with Gasteiger partial charge in [-0.05, 0) is 18.7 Å². The van der Waals surface area contributed by atoms with Gasteiger partial charge in [-0.2, -0.15) is 0 Å². The predicted molar refractivity (Wildman–Crippen MR) is 67.4 cm³/mol. The topological polar surface area (TPSA) is 68.7 Å². The molecule has 6 nitrogen and oxygen atoms in total. The van der Waals surface area contributed by atoms with Crippen LogP contribution < -0.4 is 11.2 Å². The second-order valence-corrected chi connectivity index (χ2v) is 4.76. The standard InChI is InChI=1S/C11H10B2N2O4/c1-15-5-7(16)11(6-15)10(17)18-13(19-11)9-4-2-3-8(12)14-9/h2-4H,5-6H2,1H3. The summed E-state index contributed by atoms with van der Waals surface area (Å²) in [5.74, 6) is -0.942. The normalized spacial score (nSPS) is 27.3. The molecule has 94 valence electrons. The lowest BCUT2D eigenvalue weighted by Gasteiger charge is -2.16. The zero-order chi connectivity index (χ0) is 13.6. The van der Waals surface area contributed by atoms with Gasteiger partial charge in [0.15, 0.2) is 5.78 Å². The Morgan fingerprint density at radius 3 is 2.89 bits per heavy atom. The molecule has 0 amide bonds. The first kappa shape index (κ1) is 12.4. The van der Waals surface area contributed by atoms with Gasteiger partial charge in [0, 0.05) is 6.54 Å². The maximum Gasteiger partial charge on any atom is 0.585 e. The third kappa shape index (κ3) is 1.87. The van der Waals surface area contributed by atoms with E-state index >= 15 is 0 Å². The molecule has 1 unspecified atom stereocenters. The average molecular weight is 256 g/mol. The number of ketones is 1. The summed E-state index contributed by atoms with van der Waals surface area (Å²) in [6, 6.07) is 4.93. The molecule has 19 heavy (non-hydrogen) atoms. The molecule has 3 rings (SSSR count). The molecule has 1 atom stereocenters. The Kier molecular flexibility index (Phi) is 2.72. The highest BCUT2D eigenvalue weighted by molar-refractivity contribution is 6.64. The number of likely N-dealkylation sites (tertiary alicyclic amines) is 1. The summed E-state index contributed by atoms with van der Waals surface area (Å²) in [5, 5.41) is 0. The van der Waals surface area contributed by atoms with Gasteiger partial charge < -0.3 is 9.31 Å². The van der Waals surface area contributed by atoms with Gasteiger partial charge in [-0.1, -0.05) is 12.1 Å². The van der Waals surface area contributed by atoms with E-state index in [4.69, 9.17) is 17.2 Å². The van der Waals surface area contributed by atoms with E-state index in [1.54, 1.807) is 30.1 Å². The van der Waals surface area contributed by atoms with Gasteiger partial charge >= 0.3 is 13.1 Å². The van der Waals surface area contributed by atoms with Gasteiger partial charge in [-0.3, -0.25) is 19.5 Å². The Morgan fingerprint density at radius 2 is 2.26 bits per heavy atom. The van der Waals surface area contributed by atoms with Crippen LogP contribution in [0.5, 0.6) is 0 Å².